The summed E-state index contributed by atoms with van der Waals surface area (Å²) < 4.78 is 21.8. The molecule has 1 aliphatic carbocycles. The number of aromatic nitrogens is 1. The highest BCUT2D eigenvalue weighted by atomic mass is 32.2. The Balaban J connectivity index is 2.78. The maximum atomic E-state index is 11.5. The van der Waals surface area contributed by atoms with Gasteiger partial charge in [-0.1, -0.05) is 12.2 Å². The summed E-state index contributed by atoms with van der Waals surface area (Å²) in [6.45, 7) is 1.58. The summed E-state index contributed by atoms with van der Waals surface area (Å²) >= 11 is 0. The molecule has 0 aromatic carbocycles. The molecule has 1 aromatic rings. The molecule has 15 heavy (non-hydrogen) atoms. The number of nitrogens with one attached hydrogen (secondary N) is 1. The number of hydrogen-bond acceptors (Lipinski definition) is 2. The fourth-order valence-electron chi connectivity index (χ4n) is 1.53. The lowest BCUT2D eigenvalue weighted by Gasteiger charge is -2.17. The van der Waals surface area contributed by atoms with Crippen molar-refractivity contribution in [2.24, 2.45) is 5.14 Å². The van der Waals surface area contributed by atoms with Gasteiger partial charge in [-0.3, -0.25) is 0 Å². The third-order valence-electron chi connectivity index (χ3n) is 2.56. The number of sulfonamides is 1. The first kappa shape index (κ1) is 10.2. The molecule has 0 bridgehead atoms. The quantitative estimate of drug-likeness (QED) is 0.655. The van der Waals surface area contributed by atoms with E-state index >= 15 is 0 Å². The predicted molar refractivity (Wildman–Crippen MR) is 59.6 cm³/mol. The van der Waals surface area contributed by atoms with Crippen LogP contribution in [0.1, 0.15) is 6.92 Å². The van der Waals surface area contributed by atoms with Gasteiger partial charge in [0.1, 0.15) is 4.75 Å². The molecule has 0 saturated carbocycles. The van der Waals surface area contributed by atoms with Crippen LogP contribution in [0.2, 0.25) is 0 Å². The Labute approximate surface area is 87.9 Å². The second kappa shape index (κ2) is 3.08. The maximum absolute atomic E-state index is 11.5. The molecule has 1 heterocycles. The lowest BCUT2D eigenvalue weighted by molar-refractivity contribution is 0.585. The number of fused-ring (bicyclic) bond motifs is 1. The van der Waals surface area contributed by atoms with Crippen molar-refractivity contribution in [1.82, 2.24) is 4.98 Å². The topological polar surface area (TPSA) is 76.0 Å². The summed E-state index contributed by atoms with van der Waals surface area (Å²) in [6.07, 6.45) is 8.51. The van der Waals surface area contributed by atoms with Crippen molar-refractivity contribution >= 4 is 22.2 Å². The summed E-state index contributed by atoms with van der Waals surface area (Å²) in [6, 6.07) is 1.82. The third-order valence-corrected chi connectivity index (χ3v) is 4.04. The van der Waals surface area contributed by atoms with Gasteiger partial charge in [-0.25, -0.2) is 13.6 Å². The molecule has 5 heteroatoms. The smallest absolute Gasteiger partial charge is 0.221 e. The van der Waals surface area contributed by atoms with Gasteiger partial charge in [0.05, 0.1) is 0 Å². The molecule has 1 aromatic heterocycles. The zero-order valence-corrected chi connectivity index (χ0v) is 9.08. The van der Waals surface area contributed by atoms with Gasteiger partial charge < -0.3 is 4.98 Å². The van der Waals surface area contributed by atoms with Gasteiger partial charge in [-0.05, 0) is 30.4 Å². The monoisotopic (exact) mass is 224 g/mol. The molecule has 1 aliphatic rings. The molecule has 0 fully saturated rings. The van der Waals surface area contributed by atoms with Crippen molar-refractivity contribution in [2.75, 3.05) is 0 Å². The second-order valence-corrected chi connectivity index (χ2v) is 5.72. The first-order valence-corrected chi connectivity index (χ1v) is 6.05. The van der Waals surface area contributed by atoms with Gasteiger partial charge in [-0.15, -0.1) is 0 Å². The van der Waals surface area contributed by atoms with Crippen LogP contribution in [0, 0.1) is 0 Å². The number of nitrogens with two attached hydrogens (primary N) is 1. The molecular weight excluding hydrogens is 212 g/mol. The molecule has 0 radical (unpaired) electrons. The number of H-pyrrole nitrogens is 1. The fourth-order valence-corrected chi connectivity index (χ4v) is 2.09. The maximum Gasteiger partial charge on any atom is 0.221 e. The van der Waals surface area contributed by atoms with Crippen LogP contribution in [0.4, 0.5) is 0 Å². The zero-order chi connectivity index (χ0) is 11.1. The zero-order valence-electron chi connectivity index (χ0n) is 8.27. The molecule has 1 unspecified atom stereocenters. The highest BCUT2D eigenvalue weighted by Crippen LogP contribution is 2.18. The van der Waals surface area contributed by atoms with Crippen LogP contribution in [-0.4, -0.2) is 18.1 Å². The van der Waals surface area contributed by atoms with Crippen LogP contribution in [0.3, 0.4) is 0 Å². The van der Waals surface area contributed by atoms with Crippen LogP contribution in [0.25, 0.3) is 12.2 Å². The highest BCUT2D eigenvalue weighted by molar-refractivity contribution is 7.91. The van der Waals surface area contributed by atoms with E-state index in [9.17, 15) is 8.42 Å². The van der Waals surface area contributed by atoms with Crippen molar-refractivity contribution in [2.45, 2.75) is 11.7 Å². The Morgan fingerprint density at radius 3 is 2.87 bits per heavy atom. The van der Waals surface area contributed by atoms with Crippen LogP contribution < -0.4 is 15.7 Å². The molecule has 0 saturated heterocycles. The predicted octanol–water partition coefficient (Wildman–Crippen LogP) is -0.807. The van der Waals surface area contributed by atoms with Crippen molar-refractivity contribution in [1.29, 1.82) is 0 Å². The molecule has 3 N–H and O–H groups in total. The fraction of sp³-hybridized carbons (Fsp3) is 0.200. The van der Waals surface area contributed by atoms with Crippen LogP contribution in [0.5, 0.6) is 0 Å². The molecule has 2 rings (SSSR count). The van der Waals surface area contributed by atoms with Gasteiger partial charge in [0, 0.05) is 11.5 Å². The van der Waals surface area contributed by atoms with E-state index in [-0.39, 0.29) is 0 Å². The lowest BCUT2D eigenvalue weighted by atomic mass is 10.1. The molecule has 1 atom stereocenters. The van der Waals surface area contributed by atoms with E-state index in [2.05, 4.69) is 4.98 Å². The average Bonchev–Trinajstić information content (AvgIpc) is 2.45. The van der Waals surface area contributed by atoms with Crippen LogP contribution in [-0.2, 0) is 10.0 Å². The van der Waals surface area contributed by atoms with E-state index in [1.165, 1.54) is 0 Å². The van der Waals surface area contributed by atoms with E-state index < -0.39 is 14.8 Å². The first-order chi connectivity index (χ1) is 6.92. The Bertz CT molecular complexity index is 625. The summed E-state index contributed by atoms with van der Waals surface area (Å²) in [5.41, 5.74) is 0. The number of primary sulfonamides is 1. The SMILES string of the molecule is CC1(S(N)(=O)=O)C=CC=c2[nH]ccc2=C1. The molecule has 0 aliphatic heterocycles. The number of hydrogen-bond donors (Lipinski definition) is 2. The number of rotatable bonds is 1. The van der Waals surface area contributed by atoms with E-state index in [4.69, 9.17) is 5.14 Å². The Hall–Kier alpha value is -1.33. The van der Waals surface area contributed by atoms with Gasteiger partial charge >= 0.3 is 0 Å². The van der Waals surface area contributed by atoms with E-state index in [0.29, 0.717) is 0 Å². The van der Waals surface area contributed by atoms with Gasteiger partial charge in [0.15, 0.2) is 0 Å². The standard InChI is InChI=1S/C10H12N2O2S/c1-10(15(11,13)14)5-2-3-9-8(7-10)4-6-12-9/h2-7,12H,1H3,(H2,11,13,14). The lowest BCUT2D eigenvalue weighted by Crippen LogP contribution is -2.39. The summed E-state index contributed by atoms with van der Waals surface area (Å²) in [5, 5.41) is 6.94. The molecule has 0 spiro atoms. The van der Waals surface area contributed by atoms with Crippen molar-refractivity contribution < 1.29 is 8.42 Å². The minimum atomic E-state index is -3.65. The van der Waals surface area contributed by atoms with Gasteiger partial charge in [0.2, 0.25) is 10.0 Å². The van der Waals surface area contributed by atoms with E-state index in [1.807, 2.05) is 12.1 Å². The molecule has 4 nitrogen and oxygen atoms in total. The number of aromatic amines is 1. The Kier molecular flexibility index (Phi) is 2.09. The van der Waals surface area contributed by atoms with Crippen molar-refractivity contribution in [3.8, 4) is 0 Å². The first-order valence-electron chi connectivity index (χ1n) is 4.51. The highest BCUT2D eigenvalue weighted by Gasteiger charge is 2.31. The second-order valence-electron chi connectivity index (χ2n) is 3.75. The van der Waals surface area contributed by atoms with Crippen LogP contribution >= 0.6 is 0 Å². The Morgan fingerprint density at radius 1 is 1.47 bits per heavy atom. The Morgan fingerprint density at radius 2 is 2.20 bits per heavy atom. The van der Waals surface area contributed by atoms with Crippen molar-refractivity contribution in [3.05, 3.63) is 35.0 Å². The molecular formula is C10H12N2O2S. The minimum Gasteiger partial charge on any atom is -0.361 e. The van der Waals surface area contributed by atoms with Gasteiger partial charge in [-0.2, -0.15) is 0 Å². The van der Waals surface area contributed by atoms with Crippen LogP contribution in [0.15, 0.2) is 24.4 Å². The van der Waals surface area contributed by atoms with E-state index in [0.717, 1.165) is 10.6 Å². The molecule has 0 amide bonds. The normalized spacial score (nSPS) is 24.9. The summed E-state index contributed by atoms with van der Waals surface area (Å²) in [4.78, 5) is 3.01. The van der Waals surface area contributed by atoms with Gasteiger partial charge in [0.25, 0.3) is 0 Å². The summed E-state index contributed by atoms with van der Waals surface area (Å²) in [5.74, 6) is 0. The number of allylic oxidation sites excluding steroid dienone is 1. The average molecular weight is 224 g/mol. The minimum absolute atomic E-state index is 0.844. The summed E-state index contributed by atoms with van der Waals surface area (Å²) in [7, 11) is -3.65. The van der Waals surface area contributed by atoms with Crippen molar-refractivity contribution in [3.63, 3.8) is 0 Å². The molecule has 80 valence electrons. The van der Waals surface area contributed by atoms with E-state index in [1.54, 1.807) is 31.3 Å². The third kappa shape index (κ3) is 1.64. The largest absolute Gasteiger partial charge is 0.361 e.